The van der Waals surface area contributed by atoms with Crippen LogP contribution in [0.15, 0.2) is 41.9 Å². The number of amides is 3. The average molecular weight is 478 g/mol. The quantitative estimate of drug-likeness (QED) is 0.445. The lowest BCUT2D eigenvalue weighted by Gasteiger charge is -2.19. The van der Waals surface area contributed by atoms with Gasteiger partial charge in [0.2, 0.25) is 0 Å². The molecule has 4 rings (SSSR count). The molecule has 1 aliphatic heterocycles. The number of pyridine rings is 2. The Bertz CT molecular complexity index is 1200. The summed E-state index contributed by atoms with van der Waals surface area (Å²) in [5.74, 6) is 3.67. The minimum absolute atomic E-state index is 0.190. The highest BCUT2D eigenvalue weighted by atomic mass is 32.1. The maximum Gasteiger partial charge on any atom is 0.404 e. The number of anilines is 2. The van der Waals surface area contributed by atoms with Crippen molar-refractivity contribution in [2.75, 3.05) is 29.9 Å². The maximum atomic E-state index is 12.5. The van der Waals surface area contributed by atoms with Crippen LogP contribution in [0.25, 0.3) is 11.3 Å². The van der Waals surface area contributed by atoms with Crippen LogP contribution in [0.5, 0.6) is 0 Å². The molecule has 1 fully saturated rings. The van der Waals surface area contributed by atoms with Crippen molar-refractivity contribution in [3.63, 3.8) is 0 Å². The maximum absolute atomic E-state index is 12.5. The number of thiazole rings is 1. The fourth-order valence-electron chi connectivity index (χ4n) is 3.54. The van der Waals surface area contributed by atoms with Gasteiger partial charge in [-0.15, -0.1) is 17.8 Å². The van der Waals surface area contributed by atoms with Gasteiger partial charge in [-0.25, -0.2) is 19.6 Å². The number of primary amides is 1. The van der Waals surface area contributed by atoms with Gasteiger partial charge in [0.25, 0.3) is 0 Å². The number of hydrogen-bond donors (Lipinski definition) is 3. The zero-order chi connectivity index (χ0) is 23.9. The van der Waals surface area contributed by atoms with Crippen molar-refractivity contribution >= 4 is 35.1 Å². The molecule has 1 saturated heterocycles. The monoisotopic (exact) mass is 477 g/mol. The summed E-state index contributed by atoms with van der Waals surface area (Å²) < 4.78 is 4.92. The summed E-state index contributed by atoms with van der Waals surface area (Å²) in [6, 6.07) is 8.21. The third kappa shape index (κ3) is 5.79. The van der Waals surface area contributed by atoms with Crippen molar-refractivity contribution in [2.24, 2.45) is 5.73 Å². The van der Waals surface area contributed by atoms with E-state index in [1.54, 1.807) is 17.6 Å². The van der Waals surface area contributed by atoms with Gasteiger partial charge in [-0.05, 0) is 43.0 Å². The molecular weight excluding hydrogens is 454 g/mol. The van der Waals surface area contributed by atoms with Crippen molar-refractivity contribution in [2.45, 2.75) is 18.9 Å². The summed E-state index contributed by atoms with van der Waals surface area (Å²) in [5.41, 5.74) is 7.22. The normalized spacial score (nSPS) is 13.7. The molecule has 0 unspecified atom stereocenters. The van der Waals surface area contributed by atoms with E-state index >= 15 is 0 Å². The van der Waals surface area contributed by atoms with E-state index in [-0.39, 0.29) is 6.61 Å². The predicted molar refractivity (Wildman–Crippen MR) is 129 cm³/mol. The zero-order valence-corrected chi connectivity index (χ0v) is 19.0. The Morgan fingerprint density at radius 2 is 2.06 bits per heavy atom. The minimum Gasteiger partial charge on any atom is -0.447 e. The van der Waals surface area contributed by atoms with Crippen molar-refractivity contribution in [1.29, 1.82) is 0 Å². The first-order chi connectivity index (χ1) is 16.5. The van der Waals surface area contributed by atoms with Crippen LogP contribution in [0.3, 0.4) is 0 Å². The molecule has 10 nitrogen and oxygen atoms in total. The Morgan fingerprint density at radius 1 is 1.24 bits per heavy atom. The van der Waals surface area contributed by atoms with E-state index in [0.29, 0.717) is 16.5 Å². The van der Waals surface area contributed by atoms with Crippen LogP contribution in [0, 0.1) is 12.3 Å². The van der Waals surface area contributed by atoms with Gasteiger partial charge in [-0.2, -0.15) is 0 Å². The largest absolute Gasteiger partial charge is 0.447 e. The number of hydrogen-bond acceptors (Lipinski definition) is 8. The van der Waals surface area contributed by atoms with Gasteiger partial charge in [0.05, 0.1) is 11.4 Å². The molecule has 0 aliphatic carbocycles. The van der Waals surface area contributed by atoms with E-state index in [2.05, 4.69) is 31.4 Å². The van der Waals surface area contributed by atoms with Gasteiger partial charge in [-0.1, -0.05) is 6.07 Å². The fraction of sp³-hybridized carbons (Fsp3) is 0.261. The van der Waals surface area contributed by atoms with Gasteiger partial charge >= 0.3 is 12.1 Å². The molecule has 3 aromatic rings. The Hall–Kier alpha value is -4.17. The molecule has 0 radical (unpaired) electrons. The molecule has 0 aromatic carbocycles. The molecule has 34 heavy (non-hydrogen) atoms. The van der Waals surface area contributed by atoms with Gasteiger partial charge in [0, 0.05) is 30.2 Å². The van der Waals surface area contributed by atoms with Crippen LogP contribution in [-0.2, 0) is 4.74 Å². The van der Waals surface area contributed by atoms with E-state index in [9.17, 15) is 9.59 Å². The van der Waals surface area contributed by atoms with Crippen LogP contribution in [0.2, 0.25) is 0 Å². The fourth-order valence-corrected chi connectivity index (χ4v) is 4.10. The molecule has 1 atom stereocenters. The third-order valence-electron chi connectivity index (χ3n) is 5.17. The topological polar surface area (TPSA) is 135 Å². The van der Waals surface area contributed by atoms with Gasteiger partial charge < -0.3 is 20.7 Å². The molecule has 1 aliphatic rings. The van der Waals surface area contributed by atoms with Crippen LogP contribution in [0.4, 0.5) is 21.2 Å². The van der Waals surface area contributed by atoms with Gasteiger partial charge in [0.15, 0.2) is 5.01 Å². The first-order valence-corrected chi connectivity index (χ1v) is 11.5. The van der Waals surface area contributed by atoms with Crippen molar-refractivity contribution < 1.29 is 14.3 Å². The van der Waals surface area contributed by atoms with Crippen LogP contribution in [-0.4, -0.2) is 46.8 Å². The highest BCUT2D eigenvalue weighted by Crippen LogP contribution is 2.24. The number of carbonyl (C=O) groups is 2. The molecule has 174 valence electrons. The average Bonchev–Trinajstić information content (AvgIpc) is 3.54. The predicted octanol–water partition coefficient (Wildman–Crippen LogP) is 3.14. The number of rotatable bonds is 7. The summed E-state index contributed by atoms with van der Waals surface area (Å²) in [5, 5.41) is 7.38. The van der Waals surface area contributed by atoms with E-state index in [1.165, 1.54) is 24.2 Å². The van der Waals surface area contributed by atoms with Crippen molar-refractivity contribution in [3.8, 4) is 23.6 Å². The summed E-state index contributed by atoms with van der Waals surface area (Å²) in [7, 11) is 0. The molecule has 0 saturated carbocycles. The number of aromatic nitrogens is 3. The Morgan fingerprint density at radius 3 is 2.74 bits per heavy atom. The van der Waals surface area contributed by atoms with Gasteiger partial charge in [0.1, 0.15) is 24.3 Å². The lowest BCUT2D eigenvalue weighted by Crippen LogP contribution is -2.36. The molecule has 4 heterocycles. The lowest BCUT2D eigenvalue weighted by atomic mass is 10.1. The smallest absolute Gasteiger partial charge is 0.404 e. The van der Waals surface area contributed by atoms with E-state index < -0.39 is 18.2 Å². The van der Waals surface area contributed by atoms with Crippen LogP contribution in [0.1, 0.15) is 29.6 Å². The number of nitrogens with one attached hydrogen (secondary N) is 2. The second kappa shape index (κ2) is 10.6. The standard InChI is InChI=1S/C23H23N7O3S/c1-2-21-28-19(14-34-21)29-23(32)27-18(13-33-22(24)31)17-9-8-15(12-25-17)16-6-5-7-20(26-16)30-10-3-4-11-30/h1,5-9,12,14,18H,3-4,10-11,13H2,(H2,24,31)(H2,27,29,32)/t18-/m0/s1. The number of terminal acetylenes is 1. The van der Waals surface area contributed by atoms with Gasteiger partial charge in [-0.3, -0.25) is 10.3 Å². The number of urea groups is 1. The summed E-state index contributed by atoms with van der Waals surface area (Å²) in [6.07, 6.45) is 8.36. The molecule has 0 spiro atoms. The number of nitrogens with two attached hydrogens (primary N) is 1. The molecule has 3 aromatic heterocycles. The third-order valence-corrected chi connectivity index (χ3v) is 5.94. The van der Waals surface area contributed by atoms with Crippen LogP contribution < -0.4 is 21.3 Å². The second-order valence-electron chi connectivity index (χ2n) is 7.51. The summed E-state index contributed by atoms with van der Waals surface area (Å²) >= 11 is 1.23. The van der Waals surface area contributed by atoms with Crippen LogP contribution >= 0.6 is 11.3 Å². The molecule has 11 heteroatoms. The Labute approximate surface area is 200 Å². The zero-order valence-electron chi connectivity index (χ0n) is 18.2. The highest BCUT2D eigenvalue weighted by molar-refractivity contribution is 7.10. The second-order valence-corrected chi connectivity index (χ2v) is 8.37. The van der Waals surface area contributed by atoms with E-state index in [1.807, 2.05) is 24.3 Å². The summed E-state index contributed by atoms with van der Waals surface area (Å²) in [4.78, 5) is 39.2. The molecule has 3 amide bonds. The summed E-state index contributed by atoms with van der Waals surface area (Å²) in [6.45, 7) is 1.83. The first kappa shape index (κ1) is 23.0. The van der Waals surface area contributed by atoms with E-state index in [4.69, 9.17) is 21.9 Å². The van der Waals surface area contributed by atoms with Crippen molar-refractivity contribution in [1.82, 2.24) is 20.3 Å². The molecule has 4 N–H and O–H groups in total. The van der Waals surface area contributed by atoms with E-state index in [0.717, 1.165) is 30.2 Å². The number of ether oxygens (including phenoxy) is 1. The SMILES string of the molecule is C#Cc1nc(NC(=O)N[C@@H](COC(N)=O)c2ccc(-c3cccc(N4CCCC4)n3)cn2)cs1. The first-order valence-electron chi connectivity index (χ1n) is 10.6. The Balaban J connectivity index is 1.48. The number of nitrogens with zero attached hydrogens (tertiary/aromatic N) is 4. The minimum atomic E-state index is -0.954. The molecule has 0 bridgehead atoms. The lowest BCUT2D eigenvalue weighted by molar-refractivity contribution is 0.143. The number of carbonyl (C=O) groups excluding carboxylic acids is 2. The highest BCUT2D eigenvalue weighted by Gasteiger charge is 2.19. The Kier molecular flexibility index (Phi) is 7.19. The van der Waals surface area contributed by atoms with Crippen molar-refractivity contribution in [3.05, 3.63) is 52.6 Å². The molecular formula is C23H23N7O3S.